The van der Waals surface area contributed by atoms with Gasteiger partial charge in [-0.05, 0) is 50.1 Å². The van der Waals surface area contributed by atoms with Gasteiger partial charge in [-0.2, -0.15) is 0 Å². The van der Waals surface area contributed by atoms with E-state index >= 15 is 0 Å². The van der Waals surface area contributed by atoms with Crippen LogP contribution in [0.5, 0.6) is 0 Å². The van der Waals surface area contributed by atoms with Crippen LogP contribution in [-0.4, -0.2) is 53.8 Å². The molecular weight excluding hydrogens is 453 g/mol. The van der Waals surface area contributed by atoms with Crippen LogP contribution >= 0.6 is 11.6 Å². The number of nitrogens with zero attached hydrogens (tertiary/aromatic N) is 3. The van der Waals surface area contributed by atoms with E-state index in [1.54, 1.807) is 12.1 Å². The number of para-hydroxylation sites is 1. The predicted molar refractivity (Wildman–Crippen MR) is 133 cm³/mol. The Hall–Kier alpha value is -2.44. The molecule has 0 N–H and O–H groups in total. The molecule has 1 saturated heterocycles. The summed E-state index contributed by atoms with van der Waals surface area (Å²) in [6.45, 7) is 3.47. The van der Waals surface area contributed by atoms with Gasteiger partial charge < -0.3 is 9.80 Å². The zero-order valence-electron chi connectivity index (χ0n) is 20.0. The Morgan fingerprint density at radius 1 is 1.03 bits per heavy atom. The first kappa shape index (κ1) is 24.7. The summed E-state index contributed by atoms with van der Waals surface area (Å²) in [5, 5.41) is 0.265. The molecule has 1 fully saturated rings. The smallest absolute Gasteiger partial charge is 0.227 e. The lowest BCUT2D eigenvalue weighted by atomic mass is 9.93. The first-order valence-electron chi connectivity index (χ1n) is 12.2. The molecule has 0 aromatic heterocycles. The molecule has 7 heteroatoms. The highest BCUT2D eigenvalue weighted by Gasteiger charge is 2.33. The summed E-state index contributed by atoms with van der Waals surface area (Å²) in [5.41, 5.74) is 2.01. The number of halogens is 2. The summed E-state index contributed by atoms with van der Waals surface area (Å²) in [6.07, 6.45) is 4.41. The highest BCUT2D eigenvalue weighted by molar-refractivity contribution is 6.31. The van der Waals surface area contributed by atoms with E-state index in [4.69, 9.17) is 11.6 Å². The van der Waals surface area contributed by atoms with Gasteiger partial charge in [0.05, 0.1) is 6.42 Å². The lowest BCUT2D eigenvalue weighted by Gasteiger charge is -2.42. The molecule has 2 aromatic carbocycles. The van der Waals surface area contributed by atoms with Gasteiger partial charge in [0.15, 0.2) is 0 Å². The number of amides is 2. The highest BCUT2D eigenvalue weighted by atomic mass is 35.5. The molecule has 0 aliphatic carbocycles. The fraction of sp³-hybridized carbons (Fsp3) is 0.481. The number of carbonyl (C=O) groups excluding carboxylic acids is 2. The molecule has 2 aliphatic heterocycles. The number of likely N-dealkylation sites (N-methyl/N-ethyl adjacent to an activating group) is 1. The molecule has 2 atom stereocenters. The number of anilines is 1. The SMILES string of the molecule is CCC(=O)N1CCC2CCCC(CN(C(=O)Cc3c(F)cccc3Cl)Cc3ccccc31)N2C. The third-order valence-corrected chi connectivity index (χ3v) is 7.69. The molecule has 0 radical (unpaired) electrons. The van der Waals surface area contributed by atoms with Crippen LogP contribution in [0.3, 0.4) is 0 Å². The van der Waals surface area contributed by atoms with E-state index in [1.807, 2.05) is 41.0 Å². The van der Waals surface area contributed by atoms with Gasteiger partial charge in [-0.1, -0.05) is 49.2 Å². The van der Waals surface area contributed by atoms with Gasteiger partial charge in [-0.15, -0.1) is 0 Å². The second kappa shape index (κ2) is 10.9. The Labute approximate surface area is 206 Å². The lowest BCUT2D eigenvalue weighted by molar-refractivity contribution is -0.132. The van der Waals surface area contributed by atoms with Gasteiger partial charge in [-0.3, -0.25) is 14.5 Å². The van der Waals surface area contributed by atoms with Crippen LogP contribution in [0.4, 0.5) is 10.1 Å². The molecular formula is C27H33ClFN3O2. The molecule has 0 spiro atoms. The van der Waals surface area contributed by atoms with Crippen molar-refractivity contribution in [2.75, 3.05) is 25.0 Å². The Morgan fingerprint density at radius 3 is 2.56 bits per heavy atom. The van der Waals surface area contributed by atoms with E-state index in [9.17, 15) is 14.0 Å². The Balaban J connectivity index is 1.72. The maximum absolute atomic E-state index is 14.5. The van der Waals surface area contributed by atoms with Crippen LogP contribution in [0.15, 0.2) is 42.5 Å². The molecule has 182 valence electrons. The largest absolute Gasteiger partial charge is 0.336 e. The van der Waals surface area contributed by atoms with Crippen LogP contribution in [0, 0.1) is 5.82 Å². The van der Waals surface area contributed by atoms with Crippen molar-refractivity contribution >= 4 is 29.1 Å². The number of piperidine rings is 1. The number of benzene rings is 2. The molecule has 2 aromatic rings. The van der Waals surface area contributed by atoms with Crippen molar-refractivity contribution in [3.63, 3.8) is 0 Å². The molecule has 2 bridgehead atoms. The number of hydrogen-bond acceptors (Lipinski definition) is 3. The van der Waals surface area contributed by atoms with Crippen LogP contribution in [0.2, 0.25) is 5.02 Å². The summed E-state index contributed by atoms with van der Waals surface area (Å²) in [4.78, 5) is 32.6. The monoisotopic (exact) mass is 485 g/mol. The molecule has 2 amide bonds. The number of carbonyl (C=O) groups is 2. The summed E-state index contributed by atoms with van der Waals surface area (Å²) in [6, 6.07) is 12.9. The first-order valence-corrected chi connectivity index (χ1v) is 12.6. The summed E-state index contributed by atoms with van der Waals surface area (Å²) >= 11 is 6.24. The summed E-state index contributed by atoms with van der Waals surface area (Å²) < 4.78 is 14.5. The zero-order chi connectivity index (χ0) is 24.2. The van der Waals surface area contributed by atoms with E-state index in [-0.39, 0.29) is 34.9 Å². The van der Waals surface area contributed by atoms with Crippen molar-refractivity contribution < 1.29 is 14.0 Å². The number of fused-ring (bicyclic) bond motifs is 3. The fourth-order valence-electron chi connectivity index (χ4n) is 5.30. The van der Waals surface area contributed by atoms with E-state index < -0.39 is 5.82 Å². The van der Waals surface area contributed by atoms with Crippen molar-refractivity contribution in [1.82, 2.24) is 9.80 Å². The first-order chi connectivity index (χ1) is 16.4. The van der Waals surface area contributed by atoms with Crippen molar-refractivity contribution in [2.24, 2.45) is 0 Å². The minimum atomic E-state index is -0.464. The zero-order valence-corrected chi connectivity index (χ0v) is 20.7. The lowest BCUT2D eigenvalue weighted by Crippen LogP contribution is -2.51. The third kappa shape index (κ3) is 5.28. The molecule has 2 heterocycles. The Kier molecular flexibility index (Phi) is 7.89. The van der Waals surface area contributed by atoms with Crippen molar-refractivity contribution in [1.29, 1.82) is 0 Å². The average Bonchev–Trinajstić information content (AvgIpc) is 2.84. The van der Waals surface area contributed by atoms with Crippen molar-refractivity contribution in [3.8, 4) is 0 Å². The topological polar surface area (TPSA) is 43.9 Å². The normalized spacial score (nSPS) is 21.5. The van der Waals surface area contributed by atoms with Gasteiger partial charge >= 0.3 is 0 Å². The highest BCUT2D eigenvalue weighted by Crippen LogP contribution is 2.30. The third-order valence-electron chi connectivity index (χ3n) is 7.33. The molecule has 5 nitrogen and oxygen atoms in total. The molecule has 34 heavy (non-hydrogen) atoms. The van der Waals surface area contributed by atoms with Crippen molar-refractivity contribution in [2.45, 2.75) is 64.1 Å². The number of hydrogen-bond donors (Lipinski definition) is 0. The summed E-state index contributed by atoms with van der Waals surface area (Å²) in [7, 11) is 2.13. The average molecular weight is 486 g/mol. The Morgan fingerprint density at radius 2 is 1.79 bits per heavy atom. The second-order valence-corrected chi connectivity index (χ2v) is 9.78. The maximum atomic E-state index is 14.5. The number of rotatable bonds is 3. The molecule has 2 unspecified atom stereocenters. The van der Waals surface area contributed by atoms with Crippen LogP contribution < -0.4 is 4.90 Å². The van der Waals surface area contributed by atoms with Gasteiger partial charge in [0, 0.05) is 54.4 Å². The van der Waals surface area contributed by atoms with Gasteiger partial charge in [0.25, 0.3) is 0 Å². The van der Waals surface area contributed by atoms with E-state index in [2.05, 4.69) is 11.9 Å². The molecule has 4 rings (SSSR count). The van der Waals surface area contributed by atoms with E-state index in [0.717, 1.165) is 36.9 Å². The van der Waals surface area contributed by atoms with Crippen LogP contribution in [-0.2, 0) is 22.6 Å². The standard InChI is InChI=1S/C27H33ClFN3O2/c1-3-26(33)32-15-14-20-9-6-10-21(30(20)2)18-31(17-19-8-4-5-13-25(19)32)27(34)16-22-23(28)11-7-12-24(22)29/h4-5,7-8,11-13,20-21H,3,6,9-10,14-18H2,1-2H3. The quantitative estimate of drug-likeness (QED) is 0.611. The minimum absolute atomic E-state index is 0.0812. The van der Waals surface area contributed by atoms with E-state index in [0.29, 0.717) is 32.1 Å². The molecule has 0 saturated carbocycles. The van der Waals surface area contributed by atoms with E-state index in [1.165, 1.54) is 6.07 Å². The summed E-state index contributed by atoms with van der Waals surface area (Å²) in [5.74, 6) is -0.545. The van der Waals surface area contributed by atoms with Crippen molar-refractivity contribution in [3.05, 3.63) is 64.4 Å². The van der Waals surface area contributed by atoms with Gasteiger partial charge in [0.1, 0.15) is 5.82 Å². The fourth-order valence-corrected chi connectivity index (χ4v) is 5.53. The molecule has 2 aliphatic rings. The maximum Gasteiger partial charge on any atom is 0.227 e. The minimum Gasteiger partial charge on any atom is -0.336 e. The van der Waals surface area contributed by atoms with Gasteiger partial charge in [-0.25, -0.2) is 4.39 Å². The van der Waals surface area contributed by atoms with Gasteiger partial charge in [0.2, 0.25) is 11.8 Å². The second-order valence-electron chi connectivity index (χ2n) is 9.37. The predicted octanol–water partition coefficient (Wildman–Crippen LogP) is 5.05. The van der Waals surface area contributed by atoms with Crippen LogP contribution in [0.25, 0.3) is 0 Å². The van der Waals surface area contributed by atoms with Crippen LogP contribution in [0.1, 0.15) is 50.2 Å². The Bertz CT molecular complexity index is 1030.